The molecule has 0 bridgehead atoms. The zero-order chi connectivity index (χ0) is 15.5. The summed E-state index contributed by atoms with van der Waals surface area (Å²) in [7, 11) is -1.60. The molecule has 1 aromatic carbocycles. The highest BCUT2D eigenvalue weighted by atomic mass is 35.5. The topological polar surface area (TPSA) is 104 Å². The van der Waals surface area contributed by atoms with Gasteiger partial charge in [0.2, 0.25) is 10.0 Å². The summed E-state index contributed by atoms with van der Waals surface area (Å²) in [6.45, 7) is -0.509. The van der Waals surface area contributed by atoms with Crippen molar-refractivity contribution in [3.8, 4) is 5.75 Å². The Labute approximate surface area is 121 Å². The van der Waals surface area contributed by atoms with Gasteiger partial charge in [-0.15, -0.1) is 0 Å². The number of hydrogen-bond acceptors (Lipinski definition) is 5. The van der Waals surface area contributed by atoms with Gasteiger partial charge in [0.1, 0.15) is 10.5 Å². The lowest BCUT2D eigenvalue weighted by atomic mass is 10.2. The van der Waals surface area contributed by atoms with Crippen molar-refractivity contribution in [1.29, 1.82) is 0 Å². The van der Waals surface area contributed by atoms with Crippen LogP contribution in [0.15, 0.2) is 17.0 Å². The number of nitrogens with zero attached hydrogens (tertiary/aromatic N) is 1. The van der Waals surface area contributed by atoms with Gasteiger partial charge >= 0.3 is 5.97 Å². The van der Waals surface area contributed by atoms with Crippen LogP contribution in [0, 0.1) is 0 Å². The number of methoxy groups -OCH3 is 1. The SMILES string of the molecule is COc1c(C(=O)O)cc(Cl)cc1S(=O)(=O)N(C)CCO. The second-order valence-electron chi connectivity index (χ2n) is 3.84. The minimum atomic E-state index is -4.02. The van der Waals surface area contributed by atoms with Crippen LogP contribution >= 0.6 is 11.6 Å². The molecule has 1 aromatic rings. The normalized spacial score (nSPS) is 11.7. The van der Waals surface area contributed by atoms with E-state index in [0.29, 0.717) is 0 Å². The van der Waals surface area contributed by atoms with Crippen molar-refractivity contribution in [2.45, 2.75) is 4.90 Å². The van der Waals surface area contributed by atoms with Crippen molar-refractivity contribution >= 4 is 27.6 Å². The van der Waals surface area contributed by atoms with E-state index in [1.165, 1.54) is 14.2 Å². The van der Waals surface area contributed by atoms with Gasteiger partial charge in [0.05, 0.1) is 13.7 Å². The van der Waals surface area contributed by atoms with E-state index in [1.807, 2.05) is 0 Å². The summed E-state index contributed by atoms with van der Waals surface area (Å²) in [4.78, 5) is 10.8. The summed E-state index contributed by atoms with van der Waals surface area (Å²) in [6.07, 6.45) is 0. The van der Waals surface area contributed by atoms with Crippen LogP contribution in [-0.4, -0.2) is 56.2 Å². The molecule has 0 aliphatic carbocycles. The molecule has 0 saturated carbocycles. The van der Waals surface area contributed by atoms with Crippen LogP contribution in [-0.2, 0) is 10.0 Å². The molecule has 20 heavy (non-hydrogen) atoms. The van der Waals surface area contributed by atoms with Gasteiger partial charge in [-0.1, -0.05) is 11.6 Å². The van der Waals surface area contributed by atoms with Crippen LogP contribution in [0.2, 0.25) is 5.02 Å². The fourth-order valence-corrected chi connectivity index (χ4v) is 3.20. The summed E-state index contributed by atoms with van der Waals surface area (Å²) in [6, 6.07) is 2.21. The van der Waals surface area contributed by atoms with Gasteiger partial charge in [-0.2, -0.15) is 4.31 Å². The Morgan fingerprint density at radius 2 is 2.05 bits per heavy atom. The quantitative estimate of drug-likeness (QED) is 0.797. The number of carboxylic acids is 1. The number of benzene rings is 1. The first-order valence-corrected chi connectivity index (χ1v) is 7.25. The zero-order valence-electron chi connectivity index (χ0n) is 10.8. The van der Waals surface area contributed by atoms with Crippen molar-refractivity contribution in [2.24, 2.45) is 0 Å². The van der Waals surface area contributed by atoms with E-state index in [9.17, 15) is 13.2 Å². The molecule has 0 spiro atoms. The number of aromatic carboxylic acids is 1. The third-order valence-corrected chi connectivity index (χ3v) is 4.64. The molecular weight excluding hydrogens is 310 g/mol. The van der Waals surface area contributed by atoms with Crippen molar-refractivity contribution in [3.05, 3.63) is 22.7 Å². The maximum absolute atomic E-state index is 12.3. The molecule has 2 N–H and O–H groups in total. The minimum absolute atomic E-state index is 0.0424. The van der Waals surface area contributed by atoms with Crippen LogP contribution in [0.3, 0.4) is 0 Å². The first kappa shape index (κ1) is 16.7. The predicted octanol–water partition coefficient (Wildman–Crippen LogP) is 0.660. The van der Waals surface area contributed by atoms with E-state index in [1.54, 1.807) is 0 Å². The summed E-state index contributed by atoms with van der Waals surface area (Å²) in [5, 5.41) is 17.8. The number of carboxylic acid groups (broad SMARTS) is 1. The maximum atomic E-state index is 12.3. The van der Waals surface area contributed by atoms with E-state index in [4.69, 9.17) is 26.6 Å². The first-order valence-electron chi connectivity index (χ1n) is 5.43. The number of sulfonamides is 1. The molecule has 0 radical (unpaired) electrons. The van der Waals surface area contributed by atoms with E-state index < -0.39 is 16.0 Å². The average Bonchev–Trinajstić information content (AvgIpc) is 2.37. The lowest BCUT2D eigenvalue weighted by Crippen LogP contribution is -2.30. The Balaban J connectivity index is 3.56. The van der Waals surface area contributed by atoms with Gasteiger partial charge < -0.3 is 14.9 Å². The number of rotatable bonds is 6. The molecule has 1 rings (SSSR count). The summed E-state index contributed by atoms with van der Waals surface area (Å²) >= 11 is 5.76. The molecule has 0 fully saturated rings. The highest BCUT2D eigenvalue weighted by Crippen LogP contribution is 2.33. The van der Waals surface area contributed by atoms with Gasteiger partial charge in [-0.05, 0) is 12.1 Å². The Morgan fingerprint density at radius 1 is 1.45 bits per heavy atom. The smallest absolute Gasteiger partial charge is 0.339 e. The van der Waals surface area contributed by atoms with Gasteiger partial charge in [0.25, 0.3) is 0 Å². The Morgan fingerprint density at radius 3 is 2.50 bits per heavy atom. The van der Waals surface area contributed by atoms with Crippen molar-refractivity contribution < 1.29 is 28.2 Å². The van der Waals surface area contributed by atoms with Gasteiger partial charge in [0, 0.05) is 18.6 Å². The van der Waals surface area contributed by atoms with Gasteiger partial charge in [-0.25, -0.2) is 13.2 Å². The minimum Gasteiger partial charge on any atom is -0.494 e. The fraction of sp³-hybridized carbons (Fsp3) is 0.364. The third-order valence-electron chi connectivity index (χ3n) is 2.56. The highest BCUT2D eigenvalue weighted by molar-refractivity contribution is 7.89. The number of halogens is 1. The van der Waals surface area contributed by atoms with Crippen LogP contribution in [0.25, 0.3) is 0 Å². The molecule has 0 aliphatic heterocycles. The molecule has 112 valence electrons. The second-order valence-corrected chi connectivity index (χ2v) is 6.29. The standard InChI is InChI=1S/C11H14ClNO6S/c1-13(3-4-14)20(17,18)9-6-7(12)5-8(11(15)16)10(9)19-2/h5-6,14H,3-4H2,1-2H3,(H,15,16). The largest absolute Gasteiger partial charge is 0.494 e. The number of aliphatic hydroxyl groups is 1. The zero-order valence-corrected chi connectivity index (χ0v) is 12.4. The number of aliphatic hydroxyl groups excluding tert-OH is 1. The van der Waals surface area contributed by atoms with Crippen molar-refractivity contribution in [1.82, 2.24) is 4.31 Å². The predicted molar refractivity (Wildman–Crippen MR) is 71.9 cm³/mol. The number of hydrogen-bond donors (Lipinski definition) is 2. The van der Waals surface area contributed by atoms with Crippen molar-refractivity contribution in [3.63, 3.8) is 0 Å². The molecule has 0 amide bonds. The molecule has 0 aromatic heterocycles. The average molecular weight is 324 g/mol. The van der Waals surface area contributed by atoms with E-state index in [2.05, 4.69) is 0 Å². The molecule has 0 atom stereocenters. The number of ether oxygens (including phenoxy) is 1. The lowest BCUT2D eigenvalue weighted by Gasteiger charge is -2.19. The lowest BCUT2D eigenvalue weighted by molar-refractivity contribution is 0.0692. The molecule has 9 heteroatoms. The summed E-state index contributed by atoms with van der Waals surface area (Å²) < 4.78 is 30.4. The highest BCUT2D eigenvalue weighted by Gasteiger charge is 2.28. The summed E-state index contributed by atoms with van der Waals surface area (Å²) in [5.41, 5.74) is -0.351. The van der Waals surface area contributed by atoms with E-state index in [0.717, 1.165) is 16.4 Å². The van der Waals surface area contributed by atoms with Gasteiger partial charge in [-0.3, -0.25) is 0 Å². The van der Waals surface area contributed by atoms with Crippen LogP contribution < -0.4 is 4.74 Å². The molecule has 0 saturated heterocycles. The van der Waals surface area contributed by atoms with Gasteiger partial charge in [0.15, 0.2) is 5.75 Å². The molecule has 0 unspecified atom stereocenters. The fourth-order valence-electron chi connectivity index (χ4n) is 1.56. The van der Waals surface area contributed by atoms with Crippen LogP contribution in [0.1, 0.15) is 10.4 Å². The summed E-state index contributed by atoms with van der Waals surface area (Å²) in [5.74, 6) is -1.66. The van der Waals surface area contributed by atoms with E-state index >= 15 is 0 Å². The van der Waals surface area contributed by atoms with Crippen LogP contribution in [0.5, 0.6) is 5.75 Å². The molecule has 0 aliphatic rings. The Bertz CT molecular complexity index is 616. The second kappa shape index (κ2) is 6.40. The molecule has 0 heterocycles. The third kappa shape index (κ3) is 3.21. The molecule has 7 nitrogen and oxygen atoms in total. The monoisotopic (exact) mass is 323 g/mol. The van der Waals surface area contributed by atoms with Crippen molar-refractivity contribution in [2.75, 3.05) is 27.3 Å². The number of likely N-dealkylation sites (N-methyl/N-ethyl adjacent to an activating group) is 1. The number of carbonyl (C=O) groups is 1. The Hall–Kier alpha value is -1.35. The molecular formula is C11H14ClNO6S. The maximum Gasteiger partial charge on any atom is 0.339 e. The van der Waals surface area contributed by atoms with E-state index in [-0.39, 0.29) is 34.4 Å². The first-order chi connectivity index (χ1) is 9.25. The van der Waals surface area contributed by atoms with Crippen LogP contribution in [0.4, 0.5) is 0 Å². The Kier molecular flexibility index (Phi) is 5.35.